The normalized spacial score (nSPS) is 18.1. The summed E-state index contributed by atoms with van der Waals surface area (Å²) < 4.78 is 0. The van der Waals surface area contributed by atoms with Gasteiger partial charge in [-0.05, 0) is 76.2 Å². The molecule has 1 atom stereocenters. The number of benzene rings is 1. The molecule has 1 heterocycles. The van der Waals surface area contributed by atoms with Gasteiger partial charge in [0.05, 0.1) is 0 Å². The van der Waals surface area contributed by atoms with Crippen LogP contribution in [0, 0.1) is 0 Å². The van der Waals surface area contributed by atoms with E-state index in [1.54, 1.807) is 4.90 Å². The number of hydrogen-bond donors (Lipinski definition) is 3. The second-order valence-electron chi connectivity index (χ2n) is 7.78. The zero-order valence-electron chi connectivity index (χ0n) is 18.8. The summed E-state index contributed by atoms with van der Waals surface area (Å²) in [6.07, 6.45) is 11.3. The van der Waals surface area contributed by atoms with E-state index in [4.69, 9.17) is 5.73 Å². The maximum absolute atomic E-state index is 10.7. The summed E-state index contributed by atoms with van der Waals surface area (Å²) in [4.78, 5) is 12.5. The van der Waals surface area contributed by atoms with Crippen LogP contribution in [0.15, 0.2) is 24.3 Å². The first kappa shape index (κ1) is 25.6. The highest BCUT2D eigenvalue weighted by Crippen LogP contribution is 2.29. The van der Waals surface area contributed by atoms with Gasteiger partial charge in [-0.3, -0.25) is 4.79 Å². The average Bonchev–Trinajstić information content (AvgIpc) is 3.11. The molecule has 0 saturated carbocycles. The van der Waals surface area contributed by atoms with E-state index in [0.29, 0.717) is 6.04 Å². The molecule has 1 aliphatic heterocycles. The lowest BCUT2D eigenvalue weighted by Crippen LogP contribution is -2.34. The molecule has 3 rings (SSSR count). The number of aryl methyl sites for hydroxylation is 1. The lowest BCUT2D eigenvalue weighted by Gasteiger charge is -2.27. The van der Waals surface area contributed by atoms with Crippen LogP contribution in [0.2, 0.25) is 0 Å². The third-order valence-corrected chi connectivity index (χ3v) is 5.46. The van der Waals surface area contributed by atoms with Crippen LogP contribution >= 0.6 is 0 Å². The van der Waals surface area contributed by atoms with Gasteiger partial charge in [-0.25, -0.2) is 0 Å². The molecule has 1 aromatic rings. The fraction of sp³-hybridized carbons (Fsp3) is 0.708. The fourth-order valence-electron chi connectivity index (χ4n) is 3.61. The van der Waals surface area contributed by atoms with Gasteiger partial charge < -0.3 is 21.3 Å². The second kappa shape index (κ2) is 17.4. The van der Waals surface area contributed by atoms with Gasteiger partial charge >= 0.3 is 0 Å². The fourth-order valence-corrected chi connectivity index (χ4v) is 3.61. The van der Waals surface area contributed by atoms with Gasteiger partial charge in [-0.2, -0.15) is 0 Å². The van der Waals surface area contributed by atoms with Gasteiger partial charge in [-0.1, -0.05) is 44.0 Å². The zero-order chi connectivity index (χ0) is 21.2. The van der Waals surface area contributed by atoms with Crippen LogP contribution in [0.4, 0.5) is 0 Å². The Morgan fingerprint density at radius 2 is 1.83 bits per heavy atom. The van der Waals surface area contributed by atoms with E-state index in [1.807, 2.05) is 6.92 Å². The predicted octanol–water partition coefficient (Wildman–Crippen LogP) is 3.64. The van der Waals surface area contributed by atoms with Crippen molar-refractivity contribution in [2.24, 2.45) is 5.73 Å². The topological polar surface area (TPSA) is 70.4 Å². The number of likely N-dealkylation sites (N-methyl/N-ethyl adjacent to an activating group) is 1. The molecule has 0 radical (unpaired) electrons. The molecule has 5 heteroatoms. The van der Waals surface area contributed by atoms with Crippen LogP contribution in [-0.2, 0) is 11.2 Å². The molecule has 2 aliphatic rings. The Bertz CT molecular complexity index is 502. The predicted molar refractivity (Wildman–Crippen MR) is 124 cm³/mol. The lowest BCUT2D eigenvalue weighted by molar-refractivity contribution is -0.117. The van der Waals surface area contributed by atoms with Crippen molar-refractivity contribution in [2.45, 2.75) is 71.3 Å². The number of amides is 1. The summed E-state index contributed by atoms with van der Waals surface area (Å²) in [5, 5.41) is 6.92. The number of carbonyl (C=O) groups excluding carboxylic acids is 1. The quantitative estimate of drug-likeness (QED) is 0.607. The van der Waals surface area contributed by atoms with E-state index in [0.717, 1.165) is 39.0 Å². The average molecular weight is 405 g/mol. The molecule has 166 valence electrons. The maximum Gasteiger partial charge on any atom is 0.209 e. The largest absolute Gasteiger partial charge is 0.344 e. The molecular weight excluding hydrogens is 360 g/mol. The summed E-state index contributed by atoms with van der Waals surface area (Å²) in [5.41, 5.74) is 7.95. The molecular formula is C24H44N4O. The highest BCUT2D eigenvalue weighted by molar-refractivity contribution is 5.46. The molecule has 1 saturated heterocycles. The summed E-state index contributed by atoms with van der Waals surface area (Å²) in [5.74, 6) is 0. The van der Waals surface area contributed by atoms with Crippen LogP contribution in [0.25, 0.3) is 0 Å². The minimum absolute atomic E-state index is 0.459. The molecule has 0 bridgehead atoms. The molecule has 1 aromatic carbocycles. The molecule has 1 fully saturated rings. The van der Waals surface area contributed by atoms with Crippen molar-refractivity contribution in [2.75, 3.05) is 39.3 Å². The second-order valence-corrected chi connectivity index (χ2v) is 7.78. The number of hydrogen-bond acceptors (Lipinski definition) is 4. The van der Waals surface area contributed by atoms with Crippen LogP contribution in [0.5, 0.6) is 0 Å². The van der Waals surface area contributed by atoms with E-state index in [1.165, 1.54) is 69.2 Å². The number of carbonyl (C=O) groups is 1. The Kier molecular flexibility index (Phi) is 15.4. The number of nitrogens with zero attached hydrogens (tertiary/aromatic N) is 1. The summed E-state index contributed by atoms with van der Waals surface area (Å²) >= 11 is 0. The number of nitrogens with two attached hydrogens (primary N) is 1. The monoisotopic (exact) mass is 404 g/mol. The first-order valence-corrected chi connectivity index (χ1v) is 11.7. The zero-order valence-corrected chi connectivity index (χ0v) is 18.8. The molecule has 1 unspecified atom stereocenters. The van der Waals surface area contributed by atoms with E-state index in [2.05, 4.69) is 41.8 Å². The van der Waals surface area contributed by atoms with Gasteiger partial charge in [0.1, 0.15) is 0 Å². The highest BCUT2D eigenvalue weighted by atomic mass is 16.1. The molecule has 4 N–H and O–H groups in total. The van der Waals surface area contributed by atoms with Crippen molar-refractivity contribution in [3.63, 3.8) is 0 Å². The molecule has 29 heavy (non-hydrogen) atoms. The molecule has 5 nitrogen and oxygen atoms in total. The van der Waals surface area contributed by atoms with Gasteiger partial charge in [0.2, 0.25) is 6.41 Å². The number of rotatable bonds is 7. The first-order chi connectivity index (χ1) is 14.3. The highest BCUT2D eigenvalue weighted by Gasteiger charge is 2.18. The number of fused-ring (bicyclic) bond motifs is 1. The molecule has 0 aromatic heterocycles. The third-order valence-electron chi connectivity index (χ3n) is 5.46. The van der Waals surface area contributed by atoms with Crippen molar-refractivity contribution in [1.29, 1.82) is 0 Å². The first-order valence-electron chi connectivity index (χ1n) is 11.7. The lowest BCUT2D eigenvalue weighted by atomic mass is 9.88. The smallest absolute Gasteiger partial charge is 0.209 e. The Morgan fingerprint density at radius 1 is 1.14 bits per heavy atom. The Labute approximate surface area is 178 Å². The summed E-state index contributed by atoms with van der Waals surface area (Å²) in [6.45, 7) is 9.82. The molecule has 1 aliphatic carbocycles. The van der Waals surface area contributed by atoms with Crippen molar-refractivity contribution in [1.82, 2.24) is 15.5 Å². The van der Waals surface area contributed by atoms with E-state index in [-0.39, 0.29) is 0 Å². The van der Waals surface area contributed by atoms with Crippen LogP contribution in [0.1, 0.15) is 76.0 Å². The Balaban J connectivity index is 0.000000314. The molecule has 0 spiro atoms. The van der Waals surface area contributed by atoms with E-state index >= 15 is 0 Å². The minimum atomic E-state index is 0.459. The maximum atomic E-state index is 10.7. The van der Waals surface area contributed by atoms with Gasteiger partial charge in [0, 0.05) is 25.7 Å². The summed E-state index contributed by atoms with van der Waals surface area (Å²) in [6, 6.07) is 9.14. The van der Waals surface area contributed by atoms with Crippen molar-refractivity contribution in [3.05, 3.63) is 35.4 Å². The van der Waals surface area contributed by atoms with Gasteiger partial charge in [0.25, 0.3) is 0 Å². The van der Waals surface area contributed by atoms with Gasteiger partial charge in [-0.15, -0.1) is 0 Å². The Hall–Kier alpha value is -1.43. The minimum Gasteiger partial charge on any atom is -0.344 e. The standard InChI is InChI=1S/C15H22N2O.C6H13N.C3H9N/c1-2-17(12-18)11-10-16-15-9-5-7-13-6-3-4-8-14(13)15;1-2-4-6-7-5-3-1;1-2-3-4/h3-4,6,8,12,15-16H,2,5,7,9-11H2,1H3;7H,1-6H2;2-4H2,1H3. The van der Waals surface area contributed by atoms with Crippen LogP contribution in [0.3, 0.4) is 0 Å². The third kappa shape index (κ3) is 11.4. The van der Waals surface area contributed by atoms with E-state index < -0.39 is 0 Å². The van der Waals surface area contributed by atoms with Gasteiger partial charge in [0.15, 0.2) is 0 Å². The van der Waals surface area contributed by atoms with Crippen LogP contribution < -0.4 is 16.4 Å². The molecule has 1 amide bonds. The van der Waals surface area contributed by atoms with E-state index in [9.17, 15) is 4.79 Å². The van der Waals surface area contributed by atoms with Crippen molar-refractivity contribution >= 4 is 6.41 Å². The van der Waals surface area contributed by atoms with Crippen molar-refractivity contribution < 1.29 is 4.79 Å². The SMILES string of the molecule is C1CCCNCC1.CCCN.CCN(C=O)CCNC1CCCc2ccccc21. The number of nitrogens with one attached hydrogen (secondary N) is 2. The van der Waals surface area contributed by atoms with Crippen molar-refractivity contribution in [3.8, 4) is 0 Å². The summed E-state index contributed by atoms with van der Waals surface area (Å²) in [7, 11) is 0. The van der Waals surface area contributed by atoms with Crippen LogP contribution in [-0.4, -0.2) is 50.6 Å². The Morgan fingerprint density at radius 3 is 2.45 bits per heavy atom.